The fraction of sp³-hybridized carbons (Fsp3) is 0.0870. The van der Waals surface area contributed by atoms with Gasteiger partial charge in [-0.15, -0.1) is 13.2 Å². The van der Waals surface area contributed by atoms with Crippen LogP contribution in [-0.2, 0) is 4.79 Å². The lowest BCUT2D eigenvalue weighted by Crippen LogP contribution is -2.17. The Morgan fingerprint density at radius 1 is 0.867 bits per heavy atom. The Labute approximate surface area is 171 Å². The van der Waals surface area contributed by atoms with E-state index in [1.807, 2.05) is 30.3 Å². The number of carbonyl (C=O) groups excluding carboxylic acids is 1. The number of carbonyl (C=O) groups is 1. The van der Waals surface area contributed by atoms with E-state index in [9.17, 15) is 18.0 Å². The predicted octanol–water partition coefficient (Wildman–Crippen LogP) is 5.77. The quantitative estimate of drug-likeness (QED) is 0.412. The number of nitrogens with one attached hydrogen (secondary N) is 1. The summed E-state index contributed by atoms with van der Waals surface area (Å²) in [5, 5.41) is 2.70. The Morgan fingerprint density at radius 2 is 1.47 bits per heavy atom. The molecule has 4 nitrogen and oxygen atoms in total. The topological polar surface area (TPSA) is 47.6 Å². The van der Waals surface area contributed by atoms with Crippen molar-refractivity contribution in [3.63, 3.8) is 0 Å². The van der Waals surface area contributed by atoms with Crippen molar-refractivity contribution in [3.05, 3.63) is 90.0 Å². The highest BCUT2D eigenvalue weighted by atomic mass is 19.4. The van der Waals surface area contributed by atoms with E-state index in [1.165, 1.54) is 12.1 Å². The van der Waals surface area contributed by atoms with Crippen molar-refractivity contribution < 1.29 is 27.4 Å². The van der Waals surface area contributed by atoms with Crippen LogP contribution in [0, 0.1) is 0 Å². The molecule has 0 aliphatic carbocycles. The summed E-state index contributed by atoms with van der Waals surface area (Å²) in [6.45, 7) is 0. The molecule has 0 bridgehead atoms. The normalized spacial score (nSPS) is 11.7. The van der Waals surface area contributed by atoms with E-state index in [4.69, 9.17) is 4.74 Å². The van der Waals surface area contributed by atoms with Crippen LogP contribution >= 0.6 is 0 Å². The highest BCUT2D eigenvalue weighted by Crippen LogP contribution is 2.25. The van der Waals surface area contributed by atoms with Crippen molar-refractivity contribution in [1.29, 1.82) is 0 Å². The van der Waals surface area contributed by atoms with Crippen LogP contribution in [0.1, 0.15) is 11.1 Å². The van der Waals surface area contributed by atoms with Crippen LogP contribution in [-0.4, -0.2) is 19.4 Å². The maximum Gasteiger partial charge on any atom is 0.573 e. The summed E-state index contributed by atoms with van der Waals surface area (Å²) in [5.74, 6) is -0.0712. The van der Waals surface area contributed by atoms with Crippen molar-refractivity contribution in [2.45, 2.75) is 6.36 Å². The maximum absolute atomic E-state index is 12.9. The van der Waals surface area contributed by atoms with Crippen LogP contribution in [0.15, 0.2) is 78.9 Å². The van der Waals surface area contributed by atoms with E-state index in [1.54, 1.807) is 37.5 Å². The lowest BCUT2D eigenvalue weighted by Gasteiger charge is -2.12. The van der Waals surface area contributed by atoms with Gasteiger partial charge in [0, 0.05) is 11.3 Å². The molecule has 0 aliphatic rings. The van der Waals surface area contributed by atoms with Gasteiger partial charge in [0.2, 0.25) is 0 Å². The average molecular weight is 413 g/mol. The molecule has 3 rings (SSSR count). The molecule has 0 spiro atoms. The summed E-state index contributed by atoms with van der Waals surface area (Å²) in [7, 11) is 1.57. The van der Waals surface area contributed by atoms with Gasteiger partial charge in [-0.1, -0.05) is 42.5 Å². The number of hydrogen-bond donors (Lipinski definition) is 1. The first kappa shape index (κ1) is 21.0. The molecule has 1 N–H and O–H groups in total. The molecule has 3 aromatic carbocycles. The number of ether oxygens (including phenoxy) is 2. The fourth-order valence-electron chi connectivity index (χ4n) is 2.70. The second-order valence-corrected chi connectivity index (χ2v) is 6.22. The van der Waals surface area contributed by atoms with Gasteiger partial charge >= 0.3 is 6.36 Å². The molecule has 0 saturated heterocycles. The Bertz CT molecular complexity index is 1010. The van der Waals surface area contributed by atoms with Gasteiger partial charge in [0.1, 0.15) is 11.5 Å². The van der Waals surface area contributed by atoms with E-state index in [0.717, 1.165) is 17.7 Å². The maximum atomic E-state index is 12.9. The minimum Gasteiger partial charge on any atom is -0.497 e. The zero-order valence-corrected chi connectivity index (χ0v) is 15.9. The number of rotatable bonds is 6. The molecule has 0 atom stereocenters. The minimum absolute atomic E-state index is 0.339. The summed E-state index contributed by atoms with van der Waals surface area (Å²) >= 11 is 0. The highest BCUT2D eigenvalue weighted by Gasteiger charge is 2.31. The summed E-state index contributed by atoms with van der Waals surface area (Å²) in [6.07, 6.45) is -3.04. The van der Waals surface area contributed by atoms with Gasteiger partial charge in [-0.25, -0.2) is 0 Å². The average Bonchev–Trinajstić information content (AvgIpc) is 2.73. The number of halogens is 3. The molecule has 0 saturated carbocycles. The molecule has 0 heterocycles. The number of methoxy groups -OCH3 is 1. The van der Waals surface area contributed by atoms with Gasteiger partial charge < -0.3 is 14.8 Å². The molecule has 0 fully saturated rings. The highest BCUT2D eigenvalue weighted by molar-refractivity contribution is 6.29. The third-order valence-electron chi connectivity index (χ3n) is 4.10. The van der Waals surface area contributed by atoms with E-state index < -0.39 is 12.3 Å². The van der Waals surface area contributed by atoms with Crippen molar-refractivity contribution >= 4 is 23.2 Å². The molecule has 1 amide bonds. The molecule has 7 heteroatoms. The molecular formula is C23H18F3NO3. The van der Waals surface area contributed by atoms with E-state index in [-0.39, 0.29) is 5.75 Å². The van der Waals surface area contributed by atoms with Gasteiger partial charge in [-0.05, 0) is 53.6 Å². The van der Waals surface area contributed by atoms with Crippen LogP contribution in [0.25, 0.3) is 11.6 Å². The van der Waals surface area contributed by atoms with Gasteiger partial charge in [0.15, 0.2) is 0 Å². The third-order valence-corrected chi connectivity index (χ3v) is 4.10. The summed E-state index contributed by atoms with van der Waals surface area (Å²) < 4.78 is 45.9. The second kappa shape index (κ2) is 9.17. The van der Waals surface area contributed by atoms with E-state index in [0.29, 0.717) is 22.6 Å². The zero-order chi connectivity index (χ0) is 21.6. The van der Waals surface area contributed by atoms with Crippen molar-refractivity contribution in [2.75, 3.05) is 12.4 Å². The summed E-state index contributed by atoms with van der Waals surface area (Å²) in [4.78, 5) is 12.9. The van der Waals surface area contributed by atoms with Gasteiger partial charge in [0.25, 0.3) is 5.91 Å². The van der Waals surface area contributed by atoms with Crippen LogP contribution in [0.3, 0.4) is 0 Å². The number of hydrogen-bond acceptors (Lipinski definition) is 3. The molecule has 0 aromatic heterocycles. The predicted molar refractivity (Wildman–Crippen MR) is 109 cm³/mol. The lowest BCUT2D eigenvalue weighted by atomic mass is 10.0. The first-order chi connectivity index (χ1) is 14.3. The molecule has 0 radical (unpaired) electrons. The summed E-state index contributed by atoms with van der Waals surface area (Å²) in [6, 6.07) is 21.2. The van der Waals surface area contributed by atoms with E-state index >= 15 is 0 Å². The largest absolute Gasteiger partial charge is 0.573 e. The third kappa shape index (κ3) is 5.88. The van der Waals surface area contributed by atoms with Crippen LogP contribution in [0.5, 0.6) is 11.5 Å². The van der Waals surface area contributed by atoms with Crippen LogP contribution < -0.4 is 14.8 Å². The molecule has 0 aliphatic heterocycles. The Balaban J connectivity index is 1.84. The number of alkyl halides is 3. The lowest BCUT2D eigenvalue weighted by molar-refractivity contribution is -0.274. The standard InChI is InChI=1S/C23H18F3NO3/c1-29-19-11-7-16(8-12-19)15-21(17-5-3-2-4-6-17)22(28)27-18-9-13-20(14-10-18)30-23(24,25)26/h2-15H,1H3,(H,27,28)/b21-15+. The second-order valence-electron chi connectivity index (χ2n) is 6.22. The van der Waals surface area contributed by atoms with Gasteiger partial charge in [-0.2, -0.15) is 0 Å². The number of amides is 1. The smallest absolute Gasteiger partial charge is 0.497 e. The molecular weight excluding hydrogens is 395 g/mol. The molecule has 3 aromatic rings. The fourth-order valence-corrected chi connectivity index (χ4v) is 2.70. The molecule has 154 valence electrons. The van der Waals surface area contributed by atoms with Crippen molar-refractivity contribution in [2.24, 2.45) is 0 Å². The SMILES string of the molecule is COc1ccc(/C=C(/C(=O)Nc2ccc(OC(F)(F)F)cc2)c2ccccc2)cc1. The minimum atomic E-state index is -4.77. The van der Waals surface area contributed by atoms with Crippen LogP contribution in [0.4, 0.5) is 18.9 Å². The Kier molecular flexibility index (Phi) is 6.41. The number of benzene rings is 3. The molecule has 0 unspecified atom stereocenters. The first-order valence-electron chi connectivity index (χ1n) is 8.92. The van der Waals surface area contributed by atoms with Crippen molar-refractivity contribution in [3.8, 4) is 11.5 Å². The van der Waals surface area contributed by atoms with E-state index in [2.05, 4.69) is 10.1 Å². The Morgan fingerprint density at radius 3 is 2.03 bits per heavy atom. The van der Waals surface area contributed by atoms with Crippen molar-refractivity contribution in [1.82, 2.24) is 0 Å². The van der Waals surface area contributed by atoms with Gasteiger partial charge in [0.05, 0.1) is 7.11 Å². The van der Waals surface area contributed by atoms with Crippen LogP contribution in [0.2, 0.25) is 0 Å². The molecule has 30 heavy (non-hydrogen) atoms. The Hall–Kier alpha value is -3.74. The summed E-state index contributed by atoms with van der Waals surface area (Å²) in [5.41, 5.74) is 2.23. The monoisotopic (exact) mass is 413 g/mol. The van der Waals surface area contributed by atoms with Gasteiger partial charge in [-0.3, -0.25) is 4.79 Å². The number of anilines is 1. The zero-order valence-electron chi connectivity index (χ0n) is 15.9. The first-order valence-corrected chi connectivity index (χ1v) is 8.92.